The summed E-state index contributed by atoms with van der Waals surface area (Å²) in [6.45, 7) is 4.34. The second-order valence-electron chi connectivity index (χ2n) is 7.03. The quantitative estimate of drug-likeness (QED) is 0.824. The van der Waals surface area contributed by atoms with Crippen LogP contribution in [0.1, 0.15) is 37.7 Å². The molecule has 0 aromatic heterocycles. The lowest BCUT2D eigenvalue weighted by Crippen LogP contribution is -2.41. The van der Waals surface area contributed by atoms with E-state index in [1.807, 2.05) is 0 Å². The first kappa shape index (κ1) is 14.7. The second kappa shape index (κ2) is 5.64. The smallest absolute Gasteiger partial charge is 0.233 e. The minimum atomic E-state index is -0.208. The molecule has 1 aromatic carbocycles. The molecule has 3 nitrogen and oxygen atoms in total. The van der Waals surface area contributed by atoms with E-state index >= 15 is 0 Å². The van der Waals surface area contributed by atoms with Crippen molar-refractivity contribution in [1.29, 1.82) is 0 Å². The molecule has 4 rings (SSSR count). The molecule has 1 unspecified atom stereocenters. The molecule has 1 atom stereocenters. The van der Waals surface area contributed by atoms with Crippen LogP contribution in [-0.4, -0.2) is 47.9 Å². The maximum Gasteiger partial charge on any atom is 0.233 e. The number of hydrogen-bond donors (Lipinski definition) is 0. The summed E-state index contributed by atoms with van der Waals surface area (Å²) in [5.74, 6) is 0.372. The van der Waals surface area contributed by atoms with Crippen LogP contribution in [0.3, 0.4) is 0 Å². The van der Waals surface area contributed by atoms with Crippen molar-refractivity contribution in [3.05, 3.63) is 34.3 Å². The number of hydrogen-bond acceptors (Lipinski definition) is 2. The Morgan fingerprint density at radius 2 is 1.77 bits per heavy atom. The van der Waals surface area contributed by atoms with Crippen molar-refractivity contribution in [2.24, 2.45) is 0 Å². The third kappa shape index (κ3) is 2.50. The number of carbonyl (C=O) groups excluding carboxylic acids is 1. The van der Waals surface area contributed by atoms with Crippen molar-refractivity contribution in [3.63, 3.8) is 0 Å². The molecule has 4 heteroatoms. The van der Waals surface area contributed by atoms with Gasteiger partial charge in [0.15, 0.2) is 0 Å². The molecule has 1 aliphatic carbocycles. The molecule has 118 valence electrons. The molecule has 0 spiro atoms. The van der Waals surface area contributed by atoms with Crippen molar-refractivity contribution in [2.45, 2.75) is 43.6 Å². The number of halogens is 1. The van der Waals surface area contributed by atoms with Gasteiger partial charge in [0.25, 0.3) is 0 Å². The Kier molecular flexibility index (Phi) is 3.77. The van der Waals surface area contributed by atoms with Gasteiger partial charge in [0, 0.05) is 23.6 Å². The van der Waals surface area contributed by atoms with E-state index in [4.69, 9.17) is 0 Å². The Bertz CT molecular complexity index is 561. The van der Waals surface area contributed by atoms with E-state index < -0.39 is 0 Å². The van der Waals surface area contributed by atoms with Gasteiger partial charge < -0.3 is 4.90 Å². The van der Waals surface area contributed by atoms with Crippen molar-refractivity contribution < 1.29 is 4.79 Å². The van der Waals surface area contributed by atoms with Crippen LogP contribution in [0.5, 0.6) is 0 Å². The van der Waals surface area contributed by atoms with E-state index in [1.165, 1.54) is 31.5 Å². The molecular formula is C18H23BrN2O. The number of nitrogens with zero attached hydrogens (tertiary/aromatic N) is 2. The van der Waals surface area contributed by atoms with Crippen LogP contribution in [0.25, 0.3) is 0 Å². The molecule has 3 aliphatic rings. The van der Waals surface area contributed by atoms with E-state index in [1.54, 1.807) is 0 Å². The van der Waals surface area contributed by atoms with Crippen LogP contribution in [0.4, 0.5) is 0 Å². The molecule has 2 saturated heterocycles. The average molecular weight is 363 g/mol. The van der Waals surface area contributed by atoms with E-state index in [0.29, 0.717) is 11.9 Å². The van der Waals surface area contributed by atoms with Gasteiger partial charge in [-0.1, -0.05) is 28.1 Å². The van der Waals surface area contributed by atoms with Gasteiger partial charge in [0.05, 0.1) is 5.41 Å². The van der Waals surface area contributed by atoms with Crippen molar-refractivity contribution >= 4 is 21.8 Å². The summed E-state index contributed by atoms with van der Waals surface area (Å²) >= 11 is 3.48. The van der Waals surface area contributed by atoms with Crippen LogP contribution >= 0.6 is 15.9 Å². The maximum atomic E-state index is 13.1. The molecule has 2 heterocycles. The SMILES string of the molecule is O=C(N1CCC(N2CCCC2)C1)C1(c2ccc(Br)cc2)CC1. The van der Waals surface area contributed by atoms with Crippen molar-refractivity contribution in [2.75, 3.05) is 26.2 Å². The Morgan fingerprint density at radius 3 is 2.41 bits per heavy atom. The molecule has 1 saturated carbocycles. The summed E-state index contributed by atoms with van der Waals surface area (Å²) in [5.41, 5.74) is 0.992. The van der Waals surface area contributed by atoms with Gasteiger partial charge in [0.1, 0.15) is 0 Å². The van der Waals surface area contributed by atoms with Gasteiger partial charge >= 0.3 is 0 Å². The lowest BCUT2D eigenvalue weighted by Gasteiger charge is -2.26. The second-order valence-corrected chi connectivity index (χ2v) is 7.94. The van der Waals surface area contributed by atoms with Gasteiger partial charge in [-0.2, -0.15) is 0 Å². The summed E-state index contributed by atoms with van der Waals surface area (Å²) < 4.78 is 1.08. The Balaban J connectivity index is 1.46. The summed E-state index contributed by atoms with van der Waals surface area (Å²) in [6.07, 6.45) is 5.83. The van der Waals surface area contributed by atoms with E-state index in [0.717, 1.165) is 36.8 Å². The molecule has 0 N–H and O–H groups in total. The van der Waals surface area contributed by atoms with Crippen molar-refractivity contribution in [1.82, 2.24) is 9.80 Å². The highest BCUT2D eigenvalue weighted by atomic mass is 79.9. The largest absolute Gasteiger partial charge is 0.340 e. The van der Waals surface area contributed by atoms with Gasteiger partial charge in [0.2, 0.25) is 5.91 Å². The maximum absolute atomic E-state index is 13.1. The van der Waals surface area contributed by atoms with Gasteiger partial charge in [-0.15, -0.1) is 0 Å². The standard InChI is InChI=1S/C18H23BrN2O/c19-15-5-3-14(4-6-15)18(8-9-18)17(22)21-12-7-16(13-21)20-10-1-2-11-20/h3-6,16H,1-2,7-13H2. The first-order valence-electron chi connectivity index (χ1n) is 8.48. The Labute approximate surface area is 140 Å². The summed E-state index contributed by atoms with van der Waals surface area (Å²) in [7, 11) is 0. The van der Waals surface area contributed by atoms with Gasteiger partial charge in [-0.05, 0) is 62.9 Å². The monoisotopic (exact) mass is 362 g/mol. The third-order valence-electron chi connectivity index (χ3n) is 5.66. The third-order valence-corrected chi connectivity index (χ3v) is 6.19. The van der Waals surface area contributed by atoms with E-state index in [-0.39, 0.29) is 5.41 Å². The molecule has 1 aromatic rings. The minimum Gasteiger partial charge on any atom is -0.340 e. The highest BCUT2D eigenvalue weighted by Crippen LogP contribution is 2.50. The average Bonchev–Trinajstić information content (AvgIpc) is 2.97. The predicted octanol–water partition coefficient (Wildman–Crippen LogP) is 3.18. The zero-order valence-corrected chi connectivity index (χ0v) is 14.5. The lowest BCUT2D eigenvalue weighted by atomic mass is 9.94. The molecule has 0 radical (unpaired) electrons. The predicted molar refractivity (Wildman–Crippen MR) is 90.8 cm³/mol. The first-order chi connectivity index (χ1) is 10.7. The number of carbonyl (C=O) groups is 1. The fourth-order valence-electron chi connectivity index (χ4n) is 4.15. The van der Waals surface area contributed by atoms with Gasteiger partial charge in [-0.25, -0.2) is 0 Å². The summed E-state index contributed by atoms with van der Waals surface area (Å²) in [6, 6.07) is 8.94. The highest BCUT2D eigenvalue weighted by Gasteiger charge is 2.53. The van der Waals surface area contributed by atoms with Crippen LogP contribution in [0.15, 0.2) is 28.7 Å². The fraction of sp³-hybridized carbons (Fsp3) is 0.611. The lowest BCUT2D eigenvalue weighted by molar-refractivity contribution is -0.133. The fourth-order valence-corrected chi connectivity index (χ4v) is 4.42. The minimum absolute atomic E-state index is 0.208. The van der Waals surface area contributed by atoms with E-state index in [9.17, 15) is 4.79 Å². The zero-order chi connectivity index (χ0) is 15.2. The van der Waals surface area contributed by atoms with Gasteiger partial charge in [-0.3, -0.25) is 9.69 Å². The molecule has 2 aliphatic heterocycles. The van der Waals surface area contributed by atoms with Crippen molar-refractivity contribution in [3.8, 4) is 0 Å². The molecule has 3 fully saturated rings. The summed E-state index contributed by atoms with van der Waals surface area (Å²) in [4.78, 5) is 17.8. The Hall–Kier alpha value is -0.870. The van der Waals surface area contributed by atoms with Crippen LogP contribution in [0, 0.1) is 0 Å². The van der Waals surface area contributed by atoms with Crippen LogP contribution in [-0.2, 0) is 10.2 Å². The molecule has 0 bridgehead atoms. The number of likely N-dealkylation sites (tertiary alicyclic amines) is 2. The molecule has 22 heavy (non-hydrogen) atoms. The topological polar surface area (TPSA) is 23.6 Å². The summed E-state index contributed by atoms with van der Waals surface area (Å²) in [5, 5.41) is 0. The molecular weight excluding hydrogens is 340 g/mol. The number of rotatable bonds is 3. The van der Waals surface area contributed by atoms with E-state index in [2.05, 4.69) is 50.0 Å². The van der Waals surface area contributed by atoms with Crippen LogP contribution in [0.2, 0.25) is 0 Å². The Morgan fingerprint density at radius 1 is 1.09 bits per heavy atom. The first-order valence-corrected chi connectivity index (χ1v) is 9.28. The highest BCUT2D eigenvalue weighted by molar-refractivity contribution is 9.10. The molecule has 1 amide bonds. The zero-order valence-electron chi connectivity index (χ0n) is 12.9. The van der Waals surface area contributed by atoms with Crippen LogP contribution < -0.4 is 0 Å². The number of benzene rings is 1. The normalized spacial score (nSPS) is 27.3. The number of amides is 1.